The number of carbonyl (C=O) groups is 2. The number of amides is 2. The Labute approximate surface area is 178 Å². The molecule has 2 aromatic rings. The van der Waals surface area contributed by atoms with Gasteiger partial charge in [-0.05, 0) is 55.0 Å². The van der Waals surface area contributed by atoms with E-state index < -0.39 is 0 Å². The second kappa shape index (κ2) is 9.24. The molecule has 0 spiro atoms. The van der Waals surface area contributed by atoms with Crippen molar-refractivity contribution in [2.45, 2.75) is 58.2 Å². The first-order chi connectivity index (χ1) is 14.7. The third kappa shape index (κ3) is 4.30. The standard InChI is InChI=1S/C25H29N3O2/c1-2-27(17-20-12-14-26-15-13-20)24(29)16-22-21-10-6-7-11-23(21)28(25(22)30)18-19-8-4-3-5-9-19/h3-5,8-9,12-15,23H,2,6-7,10-11,16-18H2,1H3. The topological polar surface area (TPSA) is 53.5 Å². The van der Waals surface area contributed by atoms with Crippen LogP contribution in [0.2, 0.25) is 0 Å². The van der Waals surface area contributed by atoms with E-state index in [9.17, 15) is 9.59 Å². The van der Waals surface area contributed by atoms with E-state index >= 15 is 0 Å². The van der Waals surface area contributed by atoms with Crippen molar-refractivity contribution in [2.75, 3.05) is 6.54 Å². The highest BCUT2D eigenvalue weighted by atomic mass is 16.2. The van der Waals surface area contributed by atoms with E-state index in [2.05, 4.69) is 17.1 Å². The highest BCUT2D eigenvalue weighted by molar-refractivity contribution is 6.02. The van der Waals surface area contributed by atoms with Crippen molar-refractivity contribution in [3.05, 3.63) is 77.1 Å². The summed E-state index contributed by atoms with van der Waals surface area (Å²) in [7, 11) is 0. The van der Waals surface area contributed by atoms with Crippen molar-refractivity contribution in [3.63, 3.8) is 0 Å². The lowest BCUT2D eigenvalue weighted by Crippen LogP contribution is -2.36. The first kappa shape index (κ1) is 20.3. The van der Waals surface area contributed by atoms with Crippen molar-refractivity contribution in [3.8, 4) is 0 Å². The molecule has 5 nitrogen and oxygen atoms in total. The molecule has 1 aliphatic carbocycles. The summed E-state index contributed by atoms with van der Waals surface area (Å²) in [6.45, 7) is 3.76. The third-order valence-electron chi connectivity index (χ3n) is 6.24. The largest absolute Gasteiger partial charge is 0.338 e. The van der Waals surface area contributed by atoms with Gasteiger partial charge in [0.05, 0.1) is 12.5 Å². The summed E-state index contributed by atoms with van der Waals surface area (Å²) in [6, 6.07) is 14.1. The Morgan fingerprint density at radius 2 is 1.87 bits per heavy atom. The molecule has 30 heavy (non-hydrogen) atoms. The molecule has 1 atom stereocenters. The fourth-order valence-electron chi connectivity index (χ4n) is 4.64. The van der Waals surface area contributed by atoms with Crippen LogP contribution in [0.1, 0.15) is 50.2 Å². The Morgan fingerprint density at radius 1 is 1.10 bits per heavy atom. The van der Waals surface area contributed by atoms with E-state index in [0.29, 0.717) is 19.6 Å². The van der Waals surface area contributed by atoms with E-state index in [1.54, 1.807) is 12.4 Å². The van der Waals surface area contributed by atoms with Crippen molar-refractivity contribution < 1.29 is 9.59 Å². The summed E-state index contributed by atoms with van der Waals surface area (Å²) in [6.07, 6.45) is 7.86. The van der Waals surface area contributed by atoms with Gasteiger partial charge in [0.25, 0.3) is 5.91 Å². The molecule has 0 N–H and O–H groups in total. The van der Waals surface area contributed by atoms with E-state index in [-0.39, 0.29) is 24.3 Å². The molecular formula is C25H29N3O2. The van der Waals surface area contributed by atoms with Gasteiger partial charge in [0, 0.05) is 37.6 Å². The van der Waals surface area contributed by atoms with Gasteiger partial charge in [-0.1, -0.05) is 36.8 Å². The average Bonchev–Trinajstić information content (AvgIpc) is 3.05. The van der Waals surface area contributed by atoms with Gasteiger partial charge >= 0.3 is 0 Å². The summed E-state index contributed by atoms with van der Waals surface area (Å²) < 4.78 is 0. The van der Waals surface area contributed by atoms with Crippen LogP contribution >= 0.6 is 0 Å². The van der Waals surface area contributed by atoms with Gasteiger partial charge in [0.1, 0.15) is 0 Å². The van der Waals surface area contributed by atoms with Crippen LogP contribution in [0.15, 0.2) is 66.0 Å². The smallest absolute Gasteiger partial charge is 0.251 e. The maximum Gasteiger partial charge on any atom is 0.251 e. The summed E-state index contributed by atoms with van der Waals surface area (Å²) in [5, 5.41) is 0. The number of hydrogen-bond acceptors (Lipinski definition) is 3. The molecule has 2 aliphatic rings. The second-order valence-corrected chi connectivity index (χ2v) is 8.12. The molecule has 1 fully saturated rings. The van der Waals surface area contributed by atoms with Gasteiger partial charge in [0.2, 0.25) is 5.91 Å². The number of hydrogen-bond donors (Lipinski definition) is 0. The molecule has 2 heterocycles. The van der Waals surface area contributed by atoms with Crippen LogP contribution in [0.5, 0.6) is 0 Å². The second-order valence-electron chi connectivity index (χ2n) is 8.12. The van der Waals surface area contributed by atoms with Gasteiger partial charge in [0.15, 0.2) is 0 Å². The third-order valence-corrected chi connectivity index (χ3v) is 6.24. The highest BCUT2D eigenvalue weighted by Crippen LogP contribution is 2.39. The zero-order chi connectivity index (χ0) is 20.9. The molecular weight excluding hydrogens is 374 g/mol. The van der Waals surface area contributed by atoms with Crippen LogP contribution in [-0.2, 0) is 22.7 Å². The maximum atomic E-state index is 13.4. The van der Waals surface area contributed by atoms with E-state index in [1.807, 2.05) is 47.1 Å². The molecule has 1 aromatic heterocycles. The fourth-order valence-corrected chi connectivity index (χ4v) is 4.64. The number of benzene rings is 1. The Kier molecular flexibility index (Phi) is 6.26. The van der Waals surface area contributed by atoms with E-state index in [1.165, 1.54) is 5.57 Å². The van der Waals surface area contributed by atoms with Gasteiger partial charge in [-0.2, -0.15) is 0 Å². The Bertz CT molecular complexity index is 924. The summed E-state index contributed by atoms with van der Waals surface area (Å²) in [4.78, 5) is 34.4. The SMILES string of the molecule is CCN(Cc1ccncc1)C(=O)CC1=C2CCCCC2N(Cc2ccccc2)C1=O. The van der Waals surface area contributed by atoms with Crippen LogP contribution in [0.4, 0.5) is 0 Å². The van der Waals surface area contributed by atoms with E-state index in [0.717, 1.165) is 42.4 Å². The predicted octanol–water partition coefficient (Wildman–Crippen LogP) is 4.10. The molecule has 0 bridgehead atoms. The lowest BCUT2D eigenvalue weighted by molar-refractivity contribution is -0.133. The number of aromatic nitrogens is 1. The van der Waals surface area contributed by atoms with Crippen LogP contribution < -0.4 is 0 Å². The lowest BCUT2D eigenvalue weighted by atomic mass is 9.88. The number of fused-ring (bicyclic) bond motifs is 1. The molecule has 1 saturated carbocycles. The summed E-state index contributed by atoms with van der Waals surface area (Å²) >= 11 is 0. The minimum Gasteiger partial charge on any atom is -0.338 e. The Morgan fingerprint density at radius 3 is 2.60 bits per heavy atom. The lowest BCUT2D eigenvalue weighted by Gasteiger charge is -2.30. The van der Waals surface area contributed by atoms with Crippen molar-refractivity contribution in [1.82, 2.24) is 14.8 Å². The van der Waals surface area contributed by atoms with Gasteiger partial charge < -0.3 is 9.80 Å². The number of pyridine rings is 1. The number of carbonyl (C=O) groups excluding carboxylic acids is 2. The Hall–Kier alpha value is -2.95. The molecule has 1 unspecified atom stereocenters. The maximum absolute atomic E-state index is 13.4. The molecule has 1 aliphatic heterocycles. The zero-order valence-electron chi connectivity index (χ0n) is 17.6. The molecule has 1 aromatic carbocycles. The quantitative estimate of drug-likeness (QED) is 0.699. The van der Waals surface area contributed by atoms with Gasteiger partial charge in [-0.25, -0.2) is 0 Å². The first-order valence-corrected chi connectivity index (χ1v) is 10.9. The molecule has 0 saturated heterocycles. The van der Waals surface area contributed by atoms with E-state index in [4.69, 9.17) is 0 Å². The van der Waals surface area contributed by atoms with Crippen molar-refractivity contribution in [1.29, 1.82) is 0 Å². The monoisotopic (exact) mass is 403 g/mol. The van der Waals surface area contributed by atoms with Crippen LogP contribution in [0.25, 0.3) is 0 Å². The minimum atomic E-state index is 0.0241. The fraction of sp³-hybridized carbons (Fsp3) is 0.400. The average molecular weight is 404 g/mol. The molecule has 2 amide bonds. The molecule has 0 radical (unpaired) electrons. The number of nitrogens with zero attached hydrogens (tertiary/aromatic N) is 3. The van der Waals surface area contributed by atoms with Gasteiger partial charge in [-0.15, -0.1) is 0 Å². The number of rotatable bonds is 7. The summed E-state index contributed by atoms with van der Waals surface area (Å²) in [5.74, 6) is 0.0742. The van der Waals surface area contributed by atoms with Crippen LogP contribution in [0, 0.1) is 0 Å². The van der Waals surface area contributed by atoms with Crippen LogP contribution in [0.3, 0.4) is 0 Å². The Balaban J connectivity index is 1.51. The molecule has 5 heteroatoms. The predicted molar refractivity (Wildman–Crippen MR) is 116 cm³/mol. The molecule has 4 rings (SSSR count). The highest BCUT2D eigenvalue weighted by Gasteiger charge is 2.40. The normalized spacial score (nSPS) is 18.5. The summed E-state index contributed by atoms with van der Waals surface area (Å²) in [5.41, 5.74) is 4.14. The first-order valence-electron chi connectivity index (χ1n) is 10.9. The minimum absolute atomic E-state index is 0.0241. The molecule has 156 valence electrons. The zero-order valence-corrected chi connectivity index (χ0v) is 17.6. The van der Waals surface area contributed by atoms with Crippen molar-refractivity contribution in [2.24, 2.45) is 0 Å². The van der Waals surface area contributed by atoms with Crippen LogP contribution in [-0.4, -0.2) is 39.2 Å². The van der Waals surface area contributed by atoms with Gasteiger partial charge in [-0.3, -0.25) is 14.6 Å². The van der Waals surface area contributed by atoms with Crippen molar-refractivity contribution >= 4 is 11.8 Å².